The average molecular weight is 535 g/mol. The standard InChI is InChI=1S/C28H34N6O5/c29-21(13-17-8-10-19(35)11-9-17)26(37)33-23-7-3-4-12-30-25(36)16-32-27(38)24(34-28(23)39)14-18-15-31-22-6-2-1-5-20(18)22/h1-2,5-6,8-11,15,21,23-24,31,35H,3-4,7,12-14,16,29H2,(H,30,36)(H,32,38)(H,33,37)(H,34,39)/t21-,23+,24-/m0/s1. The monoisotopic (exact) mass is 534 g/mol. The van der Waals surface area contributed by atoms with Crippen LogP contribution in [-0.4, -0.2) is 64.9 Å². The lowest BCUT2D eigenvalue weighted by Crippen LogP contribution is -2.56. The molecule has 11 nitrogen and oxygen atoms in total. The first-order valence-electron chi connectivity index (χ1n) is 13.0. The molecule has 0 saturated carbocycles. The Labute approximate surface area is 225 Å². The molecule has 0 spiro atoms. The van der Waals surface area contributed by atoms with Gasteiger partial charge in [0.2, 0.25) is 23.6 Å². The Bertz CT molecular complexity index is 1320. The molecule has 4 amide bonds. The van der Waals surface area contributed by atoms with Crippen molar-refractivity contribution >= 4 is 34.5 Å². The summed E-state index contributed by atoms with van der Waals surface area (Å²) in [6.45, 7) is 0.182. The predicted octanol–water partition coefficient (Wildman–Crippen LogP) is 0.372. The Kier molecular flexibility index (Phi) is 9.16. The third-order valence-electron chi connectivity index (χ3n) is 6.76. The van der Waals surface area contributed by atoms with Crippen LogP contribution < -0.4 is 27.0 Å². The molecule has 4 rings (SSSR count). The molecule has 11 heteroatoms. The number of aromatic amines is 1. The number of carbonyl (C=O) groups excluding carboxylic acids is 4. The number of aromatic nitrogens is 1. The summed E-state index contributed by atoms with van der Waals surface area (Å²) in [5.74, 6) is -1.71. The number of nitrogens with one attached hydrogen (secondary N) is 5. The second-order valence-corrected chi connectivity index (χ2v) is 9.73. The molecule has 1 aromatic heterocycles. The number of carbonyl (C=O) groups is 4. The molecule has 3 atom stereocenters. The van der Waals surface area contributed by atoms with Gasteiger partial charge in [-0.1, -0.05) is 30.3 Å². The van der Waals surface area contributed by atoms with E-state index in [1.165, 1.54) is 12.1 Å². The van der Waals surface area contributed by atoms with Gasteiger partial charge in [0.1, 0.15) is 17.8 Å². The van der Waals surface area contributed by atoms with Crippen molar-refractivity contribution in [2.24, 2.45) is 5.73 Å². The van der Waals surface area contributed by atoms with Gasteiger partial charge >= 0.3 is 0 Å². The van der Waals surface area contributed by atoms with E-state index in [1.807, 2.05) is 24.3 Å². The van der Waals surface area contributed by atoms with Crippen molar-refractivity contribution in [3.05, 3.63) is 65.9 Å². The quantitative estimate of drug-likeness (QED) is 0.240. The van der Waals surface area contributed by atoms with Crippen LogP contribution in [0.25, 0.3) is 10.9 Å². The number of phenols is 1. The lowest BCUT2D eigenvalue weighted by molar-refractivity contribution is -0.133. The number of H-pyrrole nitrogens is 1. The van der Waals surface area contributed by atoms with Gasteiger partial charge in [-0.2, -0.15) is 0 Å². The first-order valence-corrected chi connectivity index (χ1v) is 13.0. The molecule has 2 aromatic carbocycles. The van der Waals surface area contributed by atoms with Gasteiger partial charge in [0.05, 0.1) is 12.6 Å². The smallest absolute Gasteiger partial charge is 0.243 e. The largest absolute Gasteiger partial charge is 0.508 e. The van der Waals surface area contributed by atoms with E-state index in [9.17, 15) is 24.3 Å². The van der Waals surface area contributed by atoms with Crippen LogP contribution in [0.1, 0.15) is 30.4 Å². The van der Waals surface area contributed by atoms with E-state index in [0.29, 0.717) is 25.8 Å². The highest BCUT2D eigenvalue weighted by Crippen LogP contribution is 2.19. The van der Waals surface area contributed by atoms with E-state index in [2.05, 4.69) is 26.3 Å². The second-order valence-electron chi connectivity index (χ2n) is 9.73. The fraction of sp³-hybridized carbons (Fsp3) is 0.357. The summed E-state index contributed by atoms with van der Waals surface area (Å²) in [5, 5.41) is 21.3. The van der Waals surface area contributed by atoms with E-state index in [4.69, 9.17) is 5.73 Å². The molecule has 39 heavy (non-hydrogen) atoms. The SMILES string of the molecule is N[C@@H](Cc1ccc(O)cc1)C(=O)N[C@@H]1CCCCNC(=O)CNC(=O)[C@H](Cc2c[nH]c3ccccc23)NC1=O. The van der Waals surface area contributed by atoms with E-state index in [0.717, 1.165) is 22.0 Å². The van der Waals surface area contributed by atoms with E-state index >= 15 is 0 Å². The maximum Gasteiger partial charge on any atom is 0.243 e. The van der Waals surface area contributed by atoms with Crippen molar-refractivity contribution in [2.45, 2.75) is 50.2 Å². The third kappa shape index (κ3) is 7.57. The van der Waals surface area contributed by atoms with Crippen molar-refractivity contribution in [1.82, 2.24) is 26.3 Å². The average Bonchev–Trinajstić information content (AvgIpc) is 3.34. The highest BCUT2D eigenvalue weighted by atomic mass is 16.3. The lowest BCUT2D eigenvalue weighted by atomic mass is 10.0. The molecule has 8 N–H and O–H groups in total. The summed E-state index contributed by atoms with van der Waals surface area (Å²) in [5.41, 5.74) is 8.62. The summed E-state index contributed by atoms with van der Waals surface area (Å²) in [6.07, 6.45) is 3.65. The minimum absolute atomic E-state index is 0.111. The molecule has 0 radical (unpaired) electrons. The number of hydrogen-bond acceptors (Lipinski definition) is 6. The van der Waals surface area contributed by atoms with Crippen LogP contribution in [0, 0.1) is 0 Å². The predicted molar refractivity (Wildman–Crippen MR) is 146 cm³/mol. The molecule has 0 aliphatic carbocycles. The van der Waals surface area contributed by atoms with Crippen molar-refractivity contribution in [1.29, 1.82) is 0 Å². The number of nitrogens with two attached hydrogens (primary N) is 1. The Morgan fingerprint density at radius 3 is 2.59 bits per heavy atom. The molecule has 206 valence electrons. The molecule has 2 heterocycles. The maximum atomic E-state index is 13.4. The fourth-order valence-electron chi connectivity index (χ4n) is 4.58. The molecule has 1 aliphatic rings. The number of phenolic OH excluding ortho intramolecular Hbond substituents is 1. The molecule has 0 bridgehead atoms. The van der Waals surface area contributed by atoms with E-state index < -0.39 is 35.8 Å². The number of hydrogen-bond donors (Lipinski definition) is 7. The van der Waals surface area contributed by atoms with Gasteiger partial charge < -0.3 is 37.1 Å². The van der Waals surface area contributed by atoms with Gasteiger partial charge in [0.15, 0.2) is 0 Å². The summed E-state index contributed by atoms with van der Waals surface area (Å²) in [6, 6.07) is 11.2. The minimum atomic E-state index is -0.977. The molecule has 1 fully saturated rings. The summed E-state index contributed by atoms with van der Waals surface area (Å²) < 4.78 is 0. The Morgan fingerprint density at radius 1 is 1.03 bits per heavy atom. The first kappa shape index (κ1) is 27.6. The second kappa shape index (κ2) is 12.9. The third-order valence-corrected chi connectivity index (χ3v) is 6.76. The Hall–Kier alpha value is -4.38. The van der Waals surface area contributed by atoms with E-state index in [-0.39, 0.29) is 31.0 Å². The van der Waals surface area contributed by atoms with Gasteiger partial charge in [-0.15, -0.1) is 0 Å². The topological polar surface area (TPSA) is 178 Å². The minimum Gasteiger partial charge on any atom is -0.508 e. The number of amides is 4. The molecular weight excluding hydrogens is 500 g/mol. The Morgan fingerprint density at radius 2 is 1.79 bits per heavy atom. The molecular formula is C28H34N6O5. The van der Waals surface area contributed by atoms with Crippen LogP contribution in [0.3, 0.4) is 0 Å². The van der Waals surface area contributed by atoms with Crippen LogP contribution in [0.2, 0.25) is 0 Å². The zero-order valence-corrected chi connectivity index (χ0v) is 21.5. The van der Waals surface area contributed by atoms with Gasteiger partial charge in [-0.05, 0) is 55.0 Å². The van der Waals surface area contributed by atoms with Crippen LogP contribution in [-0.2, 0) is 32.0 Å². The summed E-state index contributed by atoms with van der Waals surface area (Å²) in [4.78, 5) is 54.8. The first-order chi connectivity index (χ1) is 18.8. The number of para-hydroxylation sites is 1. The summed E-state index contributed by atoms with van der Waals surface area (Å²) in [7, 11) is 0. The number of benzene rings is 2. The van der Waals surface area contributed by atoms with Crippen LogP contribution in [0.5, 0.6) is 5.75 Å². The van der Waals surface area contributed by atoms with Gasteiger partial charge in [0.25, 0.3) is 0 Å². The van der Waals surface area contributed by atoms with Crippen molar-refractivity contribution < 1.29 is 24.3 Å². The lowest BCUT2D eigenvalue weighted by Gasteiger charge is -2.24. The van der Waals surface area contributed by atoms with Crippen molar-refractivity contribution in [3.63, 3.8) is 0 Å². The Balaban J connectivity index is 1.50. The van der Waals surface area contributed by atoms with Crippen LogP contribution in [0.15, 0.2) is 54.7 Å². The van der Waals surface area contributed by atoms with Crippen molar-refractivity contribution in [2.75, 3.05) is 13.1 Å². The molecule has 1 saturated heterocycles. The van der Waals surface area contributed by atoms with Gasteiger partial charge in [-0.25, -0.2) is 0 Å². The van der Waals surface area contributed by atoms with Gasteiger partial charge in [-0.3, -0.25) is 19.2 Å². The number of aromatic hydroxyl groups is 1. The van der Waals surface area contributed by atoms with Crippen LogP contribution >= 0.6 is 0 Å². The zero-order valence-electron chi connectivity index (χ0n) is 21.5. The number of rotatable bonds is 6. The highest BCUT2D eigenvalue weighted by Gasteiger charge is 2.29. The normalized spacial score (nSPS) is 20.0. The highest BCUT2D eigenvalue weighted by molar-refractivity contribution is 5.95. The summed E-state index contributed by atoms with van der Waals surface area (Å²) >= 11 is 0. The van der Waals surface area contributed by atoms with Crippen molar-refractivity contribution in [3.8, 4) is 5.75 Å². The fourth-order valence-corrected chi connectivity index (χ4v) is 4.58. The van der Waals surface area contributed by atoms with E-state index in [1.54, 1.807) is 18.3 Å². The molecule has 3 aromatic rings. The maximum absolute atomic E-state index is 13.4. The molecule has 1 aliphatic heterocycles. The number of fused-ring (bicyclic) bond motifs is 1. The van der Waals surface area contributed by atoms with Crippen LogP contribution in [0.4, 0.5) is 0 Å². The zero-order chi connectivity index (χ0) is 27.8. The molecule has 0 unspecified atom stereocenters. The van der Waals surface area contributed by atoms with Gasteiger partial charge in [0, 0.05) is 30.1 Å².